The highest BCUT2D eigenvalue weighted by atomic mass is 16.4. The molecule has 0 radical (unpaired) electrons. The molecular weight excluding hydrogens is 340 g/mol. The molecule has 0 atom stereocenters. The minimum absolute atomic E-state index is 0.275. The normalized spacial score (nSPS) is 15.6. The molecule has 1 aromatic carbocycles. The van der Waals surface area contributed by atoms with Crippen LogP contribution in [0, 0.1) is 0 Å². The van der Waals surface area contributed by atoms with Gasteiger partial charge >= 0.3 is 5.97 Å². The van der Waals surface area contributed by atoms with Crippen LogP contribution in [-0.2, 0) is 0 Å². The Balaban J connectivity index is 1.86. The molecule has 1 aliphatic heterocycles. The summed E-state index contributed by atoms with van der Waals surface area (Å²) >= 11 is 0. The van der Waals surface area contributed by atoms with E-state index in [2.05, 4.69) is 53.8 Å². The summed E-state index contributed by atoms with van der Waals surface area (Å²) in [7, 11) is 0. The largest absolute Gasteiger partial charge is 0.478 e. The van der Waals surface area contributed by atoms with Crippen molar-refractivity contribution in [2.45, 2.75) is 39.7 Å². The third-order valence-corrected chi connectivity index (χ3v) is 5.21. The van der Waals surface area contributed by atoms with Gasteiger partial charge in [0.05, 0.1) is 11.3 Å². The van der Waals surface area contributed by atoms with Gasteiger partial charge in [-0.3, -0.25) is 4.90 Å². The number of hydrogen-bond donors (Lipinski definition) is 1. The molecule has 6 heteroatoms. The number of benzene rings is 1. The summed E-state index contributed by atoms with van der Waals surface area (Å²) in [4.78, 5) is 15.9. The lowest BCUT2D eigenvalue weighted by Crippen LogP contribution is -2.49. The summed E-state index contributed by atoms with van der Waals surface area (Å²) < 4.78 is 0. The maximum atomic E-state index is 11.1. The van der Waals surface area contributed by atoms with E-state index in [1.807, 2.05) is 0 Å². The van der Waals surface area contributed by atoms with E-state index in [0.717, 1.165) is 48.8 Å². The van der Waals surface area contributed by atoms with E-state index in [1.54, 1.807) is 24.3 Å². The quantitative estimate of drug-likeness (QED) is 0.871. The summed E-state index contributed by atoms with van der Waals surface area (Å²) in [5.74, 6) is 0.297. The van der Waals surface area contributed by atoms with E-state index >= 15 is 0 Å². The van der Waals surface area contributed by atoms with E-state index in [4.69, 9.17) is 5.11 Å². The van der Waals surface area contributed by atoms with Gasteiger partial charge in [0.15, 0.2) is 5.82 Å². The van der Waals surface area contributed by atoms with Crippen LogP contribution in [0.3, 0.4) is 0 Å². The second-order valence-corrected chi connectivity index (χ2v) is 7.66. The zero-order valence-electron chi connectivity index (χ0n) is 16.5. The number of carboxylic acid groups (broad SMARTS) is 1. The summed E-state index contributed by atoms with van der Waals surface area (Å²) in [5.41, 5.74) is 3.13. The molecular formula is C21H28N4O2. The number of aromatic carboxylic acids is 1. The van der Waals surface area contributed by atoms with Gasteiger partial charge in [-0.2, -0.15) is 0 Å². The molecule has 1 aliphatic rings. The first-order valence-corrected chi connectivity index (χ1v) is 9.57. The molecule has 6 nitrogen and oxygen atoms in total. The Morgan fingerprint density at radius 2 is 1.63 bits per heavy atom. The van der Waals surface area contributed by atoms with Gasteiger partial charge < -0.3 is 10.0 Å². The van der Waals surface area contributed by atoms with Gasteiger partial charge in [-0.25, -0.2) is 4.79 Å². The predicted molar refractivity (Wildman–Crippen MR) is 107 cm³/mol. The van der Waals surface area contributed by atoms with Gasteiger partial charge in [0.1, 0.15) is 0 Å². The zero-order chi connectivity index (χ0) is 19.6. The smallest absolute Gasteiger partial charge is 0.335 e. The van der Waals surface area contributed by atoms with Crippen LogP contribution >= 0.6 is 0 Å². The molecule has 27 heavy (non-hydrogen) atoms. The summed E-state index contributed by atoms with van der Waals surface area (Å²) in [6.07, 6.45) is 0. The van der Waals surface area contributed by atoms with E-state index in [0.29, 0.717) is 12.0 Å². The Morgan fingerprint density at radius 3 is 2.15 bits per heavy atom. The molecule has 0 saturated carbocycles. The van der Waals surface area contributed by atoms with Crippen molar-refractivity contribution in [3.8, 4) is 11.3 Å². The van der Waals surface area contributed by atoms with Crippen molar-refractivity contribution in [1.82, 2.24) is 15.1 Å². The monoisotopic (exact) mass is 368 g/mol. The molecule has 2 aromatic rings. The maximum absolute atomic E-state index is 11.1. The molecule has 0 unspecified atom stereocenters. The van der Waals surface area contributed by atoms with E-state index in [1.165, 1.54) is 0 Å². The fourth-order valence-electron chi connectivity index (χ4n) is 3.45. The molecule has 3 rings (SSSR count). The van der Waals surface area contributed by atoms with Crippen LogP contribution in [-0.4, -0.2) is 58.4 Å². The lowest BCUT2D eigenvalue weighted by Gasteiger charge is -2.37. The zero-order valence-corrected chi connectivity index (χ0v) is 16.5. The Bertz CT molecular complexity index is 794. The first-order valence-electron chi connectivity index (χ1n) is 9.57. The highest BCUT2D eigenvalue weighted by Gasteiger charge is 2.22. The Labute approximate surface area is 160 Å². The molecule has 0 aliphatic carbocycles. The minimum Gasteiger partial charge on any atom is -0.478 e. The number of carboxylic acids is 1. The van der Waals surface area contributed by atoms with Crippen molar-refractivity contribution < 1.29 is 9.90 Å². The molecule has 1 saturated heterocycles. The van der Waals surface area contributed by atoms with Crippen LogP contribution in [0.2, 0.25) is 0 Å². The van der Waals surface area contributed by atoms with Gasteiger partial charge in [0.2, 0.25) is 0 Å². The van der Waals surface area contributed by atoms with Crippen LogP contribution in [0.25, 0.3) is 11.3 Å². The minimum atomic E-state index is -0.924. The second-order valence-electron chi connectivity index (χ2n) is 7.66. The highest BCUT2D eigenvalue weighted by Crippen LogP contribution is 2.30. The van der Waals surface area contributed by atoms with E-state index in [9.17, 15) is 4.79 Å². The third-order valence-electron chi connectivity index (χ3n) is 5.21. The van der Waals surface area contributed by atoms with Gasteiger partial charge in [-0.1, -0.05) is 26.0 Å². The van der Waals surface area contributed by atoms with Crippen molar-refractivity contribution in [1.29, 1.82) is 0 Å². The number of carbonyl (C=O) groups is 1. The third kappa shape index (κ3) is 4.27. The van der Waals surface area contributed by atoms with Crippen molar-refractivity contribution in [3.05, 3.63) is 41.5 Å². The molecule has 1 fully saturated rings. The average molecular weight is 368 g/mol. The van der Waals surface area contributed by atoms with Crippen molar-refractivity contribution in [3.63, 3.8) is 0 Å². The molecule has 1 N–H and O–H groups in total. The van der Waals surface area contributed by atoms with Gasteiger partial charge in [0, 0.05) is 37.8 Å². The highest BCUT2D eigenvalue weighted by molar-refractivity contribution is 5.88. The molecule has 0 bridgehead atoms. The van der Waals surface area contributed by atoms with Gasteiger partial charge in [-0.05, 0) is 43.5 Å². The summed E-state index contributed by atoms with van der Waals surface area (Å²) in [6, 6.07) is 9.55. The molecule has 2 heterocycles. The molecule has 1 aromatic heterocycles. The van der Waals surface area contributed by atoms with E-state index < -0.39 is 5.97 Å². The first-order chi connectivity index (χ1) is 12.9. The number of nitrogens with zero attached hydrogens (tertiary/aromatic N) is 4. The topological polar surface area (TPSA) is 69.6 Å². The van der Waals surface area contributed by atoms with Crippen LogP contribution in [0.4, 0.5) is 5.82 Å². The number of rotatable bonds is 5. The molecule has 0 spiro atoms. The Morgan fingerprint density at radius 1 is 1.00 bits per heavy atom. The summed E-state index contributed by atoms with van der Waals surface area (Å²) in [5, 5.41) is 18.1. The predicted octanol–water partition coefficient (Wildman–Crippen LogP) is 3.50. The maximum Gasteiger partial charge on any atom is 0.335 e. The van der Waals surface area contributed by atoms with E-state index in [-0.39, 0.29) is 5.56 Å². The number of aromatic nitrogens is 2. The molecule has 144 valence electrons. The summed E-state index contributed by atoms with van der Waals surface area (Å²) in [6.45, 7) is 12.7. The van der Waals surface area contributed by atoms with Gasteiger partial charge in [0.25, 0.3) is 0 Å². The van der Waals surface area contributed by atoms with Crippen LogP contribution in [0.5, 0.6) is 0 Å². The van der Waals surface area contributed by atoms with Gasteiger partial charge in [-0.15, -0.1) is 10.2 Å². The SMILES string of the molecule is CC(C)c1cc(N2CCN(C(C)C)CC2)nnc1-c1ccc(C(=O)O)cc1. The van der Waals surface area contributed by atoms with Crippen LogP contribution in [0.1, 0.15) is 49.5 Å². The number of piperazine rings is 1. The van der Waals surface area contributed by atoms with Crippen molar-refractivity contribution in [2.75, 3.05) is 31.1 Å². The van der Waals surface area contributed by atoms with Crippen LogP contribution in [0.15, 0.2) is 30.3 Å². The average Bonchev–Trinajstić information content (AvgIpc) is 2.67. The Kier molecular flexibility index (Phi) is 5.75. The van der Waals surface area contributed by atoms with Crippen molar-refractivity contribution in [2.24, 2.45) is 0 Å². The number of anilines is 1. The Hall–Kier alpha value is -2.47. The van der Waals surface area contributed by atoms with Crippen LogP contribution < -0.4 is 4.90 Å². The standard InChI is InChI=1S/C21H28N4O2/c1-14(2)18-13-19(25-11-9-24(10-12-25)15(3)4)22-23-20(18)16-5-7-17(8-6-16)21(26)27/h5-8,13-15H,9-12H2,1-4H3,(H,26,27). The van der Waals surface area contributed by atoms with Crippen molar-refractivity contribution >= 4 is 11.8 Å². The lowest BCUT2D eigenvalue weighted by molar-refractivity contribution is 0.0697. The number of hydrogen-bond acceptors (Lipinski definition) is 5. The fourth-order valence-corrected chi connectivity index (χ4v) is 3.45. The second kappa shape index (κ2) is 8.05. The molecule has 0 amide bonds. The fraction of sp³-hybridized carbons (Fsp3) is 0.476. The first kappa shape index (κ1) is 19.3. The lowest BCUT2D eigenvalue weighted by atomic mass is 9.97.